The molecule has 0 aliphatic carbocycles. The highest BCUT2D eigenvalue weighted by Gasteiger charge is 2.16. The Labute approximate surface area is 119 Å². The molecule has 0 aliphatic heterocycles. The van der Waals surface area contributed by atoms with E-state index in [2.05, 4.69) is 0 Å². The SMILES string of the molecule is COc1cccc(Oc2ccc([N+](=O)[O-])cc2F)c1OC. The molecule has 0 amide bonds. The Balaban J connectivity index is 2.36. The van der Waals surface area contributed by atoms with Crippen molar-refractivity contribution in [2.45, 2.75) is 0 Å². The first-order valence-corrected chi connectivity index (χ1v) is 5.89. The zero-order valence-electron chi connectivity index (χ0n) is 11.3. The average Bonchev–Trinajstić information content (AvgIpc) is 2.48. The van der Waals surface area contributed by atoms with Crippen molar-refractivity contribution in [1.29, 1.82) is 0 Å². The molecule has 0 saturated heterocycles. The minimum absolute atomic E-state index is 0.146. The number of nitro benzene ring substituents is 1. The number of benzene rings is 2. The molecule has 0 spiro atoms. The van der Waals surface area contributed by atoms with Gasteiger partial charge in [-0.05, 0) is 18.2 Å². The molecular formula is C14H12FNO5. The Kier molecular flexibility index (Phi) is 4.22. The van der Waals surface area contributed by atoms with Crippen LogP contribution in [0.2, 0.25) is 0 Å². The highest BCUT2D eigenvalue weighted by Crippen LogP contribution is 2.39. The maximum absolute atomic E-state index is 13.8. The summed E-state index contributed by atoms with van der Waals surface area (Å²) in [6.45, 7) is 0. The van der Waals surface area contributed by atoms with Crippen molar-refractivity contribution >= 4 is 5.69 Å². The zero-order chi connectivity index (χ0) is 15.4. The number of non-ortho nitro benzene ring substituents is 1. The molecule has 110 valence electrons. The summed E-state index contributed by atoms with van der Waals surface area (Å²) in [4.78, 5) is 9.89. The highest BCUT2D eigenvalue weighted by atomic mass is 19.1. The van der Waals surface area contributed by atoms with Crippen LogP contribution in [0.5, 0.6) is 23.0 Å². The molecule has 2 aromatic carbocycles. The van der Waals surface area contributed by atoms with Crippen molar-refractivity contribution in [3.05, 3.63) is 52.3 Å². The smallest absolute Gasteiger partial charge is 0.272 e. The van der Waals surface area contributed by atoms with Gasteiger partial charge in [-0.1, -0.05) is 6.07 Å². The van der Waals surface area contributed by atoms with E-state index in [1.54, 1.807) is 18.2 Å². The summed E-state index contributed by atoms with van der Waals surface area (Å²) in [6, 6.07) is 8.03. The summed E-state index contributed by atoms with van der Waals surface area (Å²) in [6.07, 6.45) is 0. The number of halogens is 1. The van der Waals surface area contributed by atoms with Gasteiger partial charge in [0.25, 0.3) is 5.69 Å². The molecule has 2 rings (SSSR count). The van der Waals surface area contributed by atoms with Gasteiger partial charge in [0.05, 0.1) is 25.2 Å². The van der Waals surface area contributed by atoms with Crippen LogP contribution in [0.4, 0.5) is 10.1 Å². The molecule has 0 aliphatic rings. The molecule has 2 aromatic rings. The van der Waals surface area contributed by atoms with Crippen LogP contribution < -0.4 is 14.2 Å². The van der Waals surface area contributed by atoms with Gasteiger partial charge in [0.1, 0.15) is 0 Å². The van der Waals surface area contributed by atoms with Crippen LogP contribution in [0.15, 0.2) is 36.4 Å². The van der Waals surface area contributed by atoms with Crippen molar-refractivity contribution in [2.75, 3.05) is 14.2 Å². The minimum Gasteiger partial charge on any atom is -0.493 e. The quantitative estimate of drug-likeness (QED) is 0.623. The third kappa shape index (κ3) is 3.02. The van der Waals surface area contributed by atoms with Crippen LogP contribution in [0.3, 0.4) is 0 Å². The largest absolute Gasteiger partial charge is 0.493 e. The molecule has 0 atom stereocenters. The molecule has 0 heterocycles. The second-order valence-corrected chi connectivity index (χ2v) is 3.97. The van der Waals surface area contributed by atoms with Gasteiger partial charge in [-0.15, -0.1) is 0 Å². The van der Waals surface area contributed by atoms with E-state index in [0.29, 0.717) is 11.5 Å². The van der Waals surface area contributed by atoms with Gasteiger partial charge in [0.2, 0.25) is 5.75 Å². The molecule has 7 heteroatoms. The molecule has 21 heavy (non-hydrogen) atoms. The van der Waals surface area contributed by atoms with Gasteiger partial charge < -0.3 is 14.2 Å². The molecule has 0 fully saturated rings. The van der Waals surface area contributed by atoms with Crippen LogP contribution in [-0.4, -0.2) is 19.1 Å². The second-order valence-electron chi connectivity index (χ2n) is 3.97. The first-order valence-electron chi connectivity index (χ1n) is 5.89. The lowest BCUT2D eigenvalue weighted by Gasteiger charge is -2.13. The van der Waals surface area contributed by atoms with E-state index in [-0.39, 0.29) is 17.2 Å². The molecule has 6 nitrogen and oxygen atoms in total. The van der Waals surface area contributed by atoms with E-state index >= 15 is 0 Å². The van der Waals surface area contributed by atoms with Gasteiger partial charge in [-0.3, -0.25) is 10.1 Å². The second kappa shape index (κ2) is 6.08. The number of nitro groups is 1. The van der Waals surface area contributed by atoms with Crippen molar-refractivity contribution in [2.24, 2.45) is 0 Å². The van der Waals surface area contributed by atoms with E-state index in [0.717, 1.165) is 12.1 Å². The minimum atomic E-state index is -0.839. The van der Waals surface area contributed by atoms with Gasteiger partial charge in [0.15, 0.2) is 23.1 Å². The Bertz CT molecular complexity index is 674. The summed E-state index contributed by atoms with van der Waals surface area (Å²) in [5.41, 5.74) is -0.350. The number of hydrogen-bond acceptors (Lipinski definition) is 5. The predicted octanol–water partition coefficient (Wildman–Crippen LogP) is 3.54. The Morgan fingerprint density at radius 2 is 1.76 bits per heavy atom. The lowest BCUT2D eigenvalue weighted by atomic mass is 10.2. The van der Waals surface area contributed by atoms with E-state index in [1.807, 2.05) is 0 Å². The first kappa shape index (κ1) is 14.6. The van der Waals surface area contributed by atoms with E-state index < -0.39 is 10.7 Å². The molecule has 0 radical (unpaired) electrons. The van der Waals surface area contributed by atoms with Gasteiger partial charge in [0, 0.05) is 6.07 Å². The summed E-state index contributed by atoms with van der Waals surface area (Å²) in [5, 5.41) is 10.6. The molecule has 0 saturated carbocycles. The zero-order valence-corrected chi connectivity index (χ0v) is 11.3. The number of ether oxygens (including phenoxy) is 3. The van der Waals surface area contributed by atoms with Gasteiger partial charge in [-0.2, -0.15) is 0 Å². The number of methoxy groups -OCH3 is 2. The van der Waals surface area contributed by atoms with Crippen molar-refractivity contribution in [1.82, 2.24) is 0 Å². The van der Waals surface area contributed by atoms with Gasteiger partial charge >= 0.3 is 0 Å². The van der Waals surface area contributed by atoms with Crippen LogP contribution in [0, 0.1) is 15.9 Å². The van der Waals surface area contributed by atoms with Gasteiger partial charge in [-0.25, -0.2) is 4.39 Å². The first-order chi connectivity index (χ1) is 10.1. The molecular weight excluding hydrogens is 281 g/mol. The molecule has 0 bridgehead atoms. The summed E-state index contributed by atoms with van der Waals surface area (Å²) in [7, 11) is 2.89. The Morgan fingerprint density at radius 1 is 1.05 bits per heavy atom. The van der Waals surface area contributed by atoms with Crippen LogP contribution >= 0.6 is 0 Å². The van der Waals surface area contributed by atoms with E-state index in [4.69, 9.17) is 14.2 Å². The standard InChI is InChI=1S/C14H12FNO5/c1-19-12-4-3-5-13(14(12)20-2)21-11-7-6-9(16(17)18)8-10(11)15/h3-8H,1-2H3. The Morgan fingerprint density at radius 3 is 2.33 bits per heavy atom. The number of hydrogen-bond donors (Lipinski definition) is 0. The third-order valence-electron chi connectivity index (χ3n) is 2.71. The Hall–Kier alpha value is -2.83. The fourth-order valence-electron chi connectivity index (χ4n) is 1.74. The molecule has 0 N–H and O–H groups in total. The maximum Gasteiger partial charge on any atom is 0.272 e. The fourth-order valence-corrected chi connectivity index (χ4v) is 1.74. The summed E-state index contributed by atoms with van der Waals surface area (Å²) >= 11 is 0. The molecule has 0 aromatic heterocycles. The third-order valence-corrected chi connectivity index (χ3v) is 2.71. The van der Waals surface area contributed by atoms with E-state index in [9.17, 15) is 14.5 Å². The number of nitrogens with zero attached hydrogens (tertiary/aromatic N) is 1. The normalized spacial score (nSPS) is 10.0. The van der Waals surface area contributed by atoms with Crippen LogP contribution in [0.1, 0.15) is 0 Å². The van der Waals surface area contributed by atoms with Crippen LogP contribution in [0.25, 0.3) is 0 Å². The number of para-hydroxylation sites is 1. The lowest BCUT2D eigenvalue weighted by Crippen LogP contribution is -1.96. The summed E-state index contributed by atoms with van der Waals surface area (Å²) in [5.74, 6) is -0.0131. The highest BCUT2D eigenvalue weighted by molar-refractivity contribution is 5.53. The molecule has 0 unspecified atom stereocenters. The van der Waals surface area contributed by atoms with E-state index in [1.165, 1.54) is 20.3 Å². The van der Waals surface area contributed by atoms with Crippen LogP contribution in [-0.2, 0) is 0 Å². The van der Waals surface area contributed by atoms with Crippen molar-refractivity contribution < 1.29 is 23.5 Å². The lowest BCUT2D eigenvalue weighted by molar-refractivity contribution is -0.385. The maximum atomic E-state index is 13.8. The van der Waals surface area contributed by atoms with Crippen molar-refractivity contribution in [3.8, 4) is 23.0 Å². The summed E-state index contributed by atoms with van der Waals surface area (Å²) < 4.78 is 29.5. The van der Waals surface area contributed by atoms with Crippen molar-refractivity contribution in [3.63, 3.8) is 0 Å². The predicted molar refractivity (Wildman–Crippen MR) is 72.7 cm³/mol. The fraction of sp³-hybridized carbons (Fsp3) is 0.143. The number of rotatable bonds is 5. The topological polar surface area (TPSA) is 70.8 Å². The average molecular weight is 293 g/mol. The monoisotopic (exact) mass is 293 g/mol.